The lowest BCUT2D eigenvalue weighted by atomic mass is 9.97. The van der Waals surface area contributed by atoms with Crippen LogP contribution in [-0.4, -0.2) is 23.4 Å². The number of phenols is 1. The zero-order valence-corrected chi connectivity index (χ0v) is 10.4. The van der Waals surface area contributed by atoms with Gasteiger partial charge in [0.25, 0.3) is 0 Å². The predicted molar refractivity (Wildman–Crippen MR) is 67.7 cm³/mol. The maximum atomic E-state index is 13.1. The molecule has 1 aliphatic rings. The molecule has 3 N–H and O–H groups in total. The van der Waals surface area contributed by atoms with Gasteiger partial charge in [-0.3, -0.25) is 0 Å². The molecule has 1 saturated carbocycles. The first kappa shape index (κ1) is 13.3. The molecule has 1 aromatic rings. The fraction of sp³-hybridized carbons (Fsp3) is 0.571. The maximum Gasteiger partial charge on any atom is 0.127 e. The van der Waals surface area contributed by atoms with E-state index < -0.39 is 5.82 Å². The molecule has 3 nitrogen and oxygen atoms in total. The second-order valence-electron chi connectivity index (χ2n) is 5.08. The number of aliphatic hydroxyl groups excluding tert-OH is 1. The Hall–Kier alpha value is -1.13. The van der Waals surface area contributed by atoms with Gasteiger partial charge < -0.3 is 15.5 Å². The molecule has 2 atom stereocenters. The Morgan fingerprint density at radius 3 is 2.72 bits per heavy atom. The molecule has 1 fully saturated rings. The van der Waals surface area contributed by atoms with Crippen LogP contribution in [0.2, 0.25) is 0 Å². The number of nitrogens with one attached hydrogen (secondary N) is 1. The third-order valence-electron chi connectivity index (χ3n) is 3.73. The van der Waals surface area contributed by atoms with E-state index in [9.17, 15) is 14.6 Å². The number of halogens is 1. The van der Waals surface area contributed by atoms with Crippen LogP contribution in [0.4, 0.5) is 4.39 Å². The zero-order chi connectivity index (χ0) is 13.0. The van der Waals surface area contributed by atoms with E-state index in [1.165, 1.54) is 12.5 Å². The number of aromatic hydroxyl groups is 1. The van der Waals surface area contributed by atoms with Gasteiger partial charge in [-0.05, 0) is 48.9 Å². The summed E-state index contributed by atoms with van der Waals surface area (Å²) in [7, 11) is 0. The van der Waals surface area contributed by atoms with Crippen LogP contribution in [0.5, 0.6) is 5.75 Å². The predicted octanol–water partition coefficient (Wildman–Crippen LogP) is 2.03. The Balaban J connectivity index is 1.81. The molecule has 0 amide bonds. The quantitative estimate of drug-likeness (QED) is 0.752. The molecule has 0 bridgehead atoms. The highest BCUT2D eigenvalue weighted by Crippen LogP contribution is 2.30. The Morgan fingerprint density at radius 2 is 2.00 bits per heavy atom. The number of benzene rings is 1. The molecule has 0 saturated heterocycles. The molecule has 0 radical (unpaired) electrons. The highest BCUT2D eigenvalue weighted by atomic mass is 19.1. The standard InChI is InChI=1S/C14H20FNO2/c15-13-4-10(5-14(18)6-13)7-16-8-11-2-1-3-12(11)9-17/h4-6,11-12,16-18H,1-3,7-9H2. The minimum atomic E-state index is -0.416. The van der Waals surface area contributed by atoms with E-state index in [-0.39, 0.29) is 12.4 Å². The van der Waals surface area contributed by atoms with Crippen molar-refractivity contribution in [2.45, 2.75) is 25.8 Å². The molecule has 0 aromatic heterocycles. The van der Waals surface area contributed by atoms with Crippen LogP contribution in [0.15, 0.2) is 18.2 Å². The summed E-state index contributed by atoms with van der Waals surface area (Å²) in [5.74, 6) is 0.456. The molecule has 0 spiro atoms. The molecule has 4 heteroatoms. The van der Waals surface area contributed by atoms with Crippen LogP contribution < -0.4 is 5.32 Å². The van der Waals surface area contributed by atoms with Crippen molar-refractivity contribution in [2.75, 3.05) is 13.2 Å². The third-order valence-corrected chi connectivity index (χ3v) is 3.73. The monoisotopic (exact) mass is 253 g/mol. The van der Waals surface area contributed by atoms with E-state index in [0.717, 1.165) is 31.0 Å². The summed E-state index contributed by atoms with van der Waals surface area (Å²) in [6.45, 7) is 1.63. The summed E-state index contributed by atoms with van der Waals surface area (Å²) in [4.78, 5) is 0. The Kier molecular flexibility index (Phi) is 4.55. The van der Waals surface area contributed by atoms with Crippen molar-refractivity contribution in [1.29, 1.82) is 0 Å². The van der Waals surface area contributed by atoms with Gasteiger partial charge in [-0.25, -0.2) is 4.39 Å². The van der Waals surface area contributed by atoms with Gasteiger partial charge in [0.05, 0.1) is 0 Å². The third kappa shape index (κ3) is 3.43. The summed E-state index contributed by atoms with van der Waals surface area (Å²) in [6.07, 6.45) is 3.43. The van der Waals surface area contributed by atoms with Crippen LogP contribution >= 0.6 is 0 Å². The molecule has 100 valence electrons. The minimum absolute atomic E-state index is 0.0408. The summed E-state index contributed by atoms with van der Waals surface area (Å²) < 4.78 is 13.1. The molecule has 0 heterocycles. The molecular formula is C14H20FNO2. The lowest BCUT2D eigenvalue weighted by Crippen LogP contribution is -2.26. The van der Waals surface area contributed by atoms with E-state index >= 15 is 0 Å². The summed E-state index contributed by atoms with van der Waals surface area (Å²) in [5, 5.41) is 21.8. The van der Waals surface area contributed by atoms with Crippen LogP contribution in [0.1, 0.15) is 24.8 Å². The first-order chi connectivity index (χ1) is 8.69. The number of aliphatic hydroxyl groups is 1. The van der Waals surface area contributed by atoms with E-state index in [0.29, 0.717) is 18.4 Å². The SMILES string of the molecule is OCC1CCCC1CNCc1cc(O)cc(F)c1. The Labute approximate surface area is 107 Å². The largest absolute Gasteiger partial charge is 0.508 e. The topological polar surface area (TPSA) is 52.5 Å². The van der Waals surface area contributed by atoms with Crippen molar-refractivity contribution in [3.8, 4) is 5.75 Å². The fourth-order valence-electron chi connectivity index (χ4n) is 2.76. The number of phenolic OH excluding ortho intramolecular Hbond substituents is 1. The van der Waals surface area contributed by atoms with Crippen molar-refractivity contribution in [2.24, 2.45) is 11.8 Å². The van der Waals surface area contributed by atoms with Crippen molar-refractivity contribution >= 4 is 0 Å². The number of hydrogen-bond donors (Lipinski definition) is 3. The second-order valence-corrected chi connectivity index (χ2v) is 5.08. The normalized spacial score (nSPS) is 23.4. The Morgan fingerprint density at radius 1 is 1.22 bits per heavy atom. The Bertz CT molecular complexity index is 377. The average Bonchev–Trinajstić information content (AvgIpc) is 2.75. The first-order valence-electron chi connectivity index (χ1n) is 6.49. The van der Waals surface area contributed by atoms with Gasteiger partial charge in [0.15, 0.2) is 0 Å². The molecule has 1 aromatic carbocycles. The second kappa shape index (κ2) is 6.16. The van der Waals surface area contributed by atoms with E-state index in [4.69, 9.17) is 0 Å². The summed E-state index contributed by atoms with van der Waals surface area (Å²) in [5.41, 5.74) is 0.742. The smallest absolute Gasteiger partial charge is 0.127 e. The van der Waals surface area contributed by atoms with Gasteiger partial charge in [-0.1, -0.05) is 6.42 Å². The van der Waals surface area contributed by atoms with Gasteiger partial charge in [0, 0.05) is 19.2 Å². The molecule has 2 unspecified atom stereocenters. The molecule has 18 heavy (non-hydrogen) atoms. The van der Waals surface area contributed by atoms with Crippen LogP contribution in [-0.2, 0) is 6.54 Å². The van der Waals surface area contributed by atoms with E-state index in [1.54, 1.807) is 6.07 Å². The molecule has 0 aliphatic heterocycles. The van der Waals surface area contributed by atoms with Crippen molar-refractivity contribution in [1.82, 2.24) is 5.32 Å². The molecular weight excluding hydrogens is 233 g/mol. The fourth-order valence-corrected chi connectivity index (χ4v) is 2.76. The van der Waals surface area contributed by atoms with Crippen LogP contribution in [0.25, 0.3) is 0 Å². The first-order valence-corrected chi connectivity index (χ1v) is 6.49. The summed E-state index contributed by atoms with van der Waals surface area (Å²) in [6, 6.07) is 4.08. The number of rotatable bonds is 5. The van der Waals surface area contributed by atoms with E-state index in [2.05, 4.69) is 5.32 Å². The van der Waals surface area contributed by atoms with Gasteiger partial charge in [-0.2, -0.15) is 0 Å². The van der Waals surface area contributed by atoms with Gasteiger partial charge in [-0.15, -0.1) is 0 Å². The van der Waals surface area contributed by atoms with Crippen molar-refractivity contribution in [3.63, 3.8) is 0 Å². The average molecular weight is 253 g/mol. The zero-order valence-electron chi connectivity index (χ0n) is 10.4. The molecule has 2 rings (SSSR count). The van der Waals surface area contributed by atoms with Gasteiger partial charge in [0.1, 0.15) is 11.6 Å². The minimum Gasteiger partial charge on any atom is -0.508 e. The van der Waals surface area contributed by atoms with Gasteiger partial charge in [0.2, 0.25) is 0 Å². The van der Waals surface area contributed by atoms with E-state index in [1.807, 2.05) is 0 Å². The lowest BCUT2D eigenvalue weighted by molar-refractivity contribution is 0.192. The van der Waals surface area contributed by atoms with Crippen molar-refractivity contribution in [3.05, 3.63) is 29.6 Å². The van der Waals surface area contributed by atoms with Crippen LogP contribution in [0, 0.1) is 17.7 Å². The number of hydrogen-bond acceptors (Lipinski definition) is 3. The summed E-state index contributed by atoms with van der Waals surface area (Å²) >= 11 is 0. The maximum absolute atomic E-state index is 13.1. The van der Waals surface area contributed by atoms with Gasteiger partial charge >= 0.3 is 0 Å². The van der Waals surface area contributed by atoms with Crippen LogP contribution in [0.3, 0.4) is 0 Å². The highest BCUT2D eigenvalue weighted by Gasteiger charge is 2.25. The van der Waals surface area contributed by atoms with Crippen molar-refractivity contribution < 1.29 is 14.6 Å². The lowest BCUT2D eigenvalue weighted by Gasteiger charge is -2.17. The molecule has 1 aliphatic carbocycles. The highest BCUT2D eigenvalue weighted by molar-refractivity contribution is 5.28.